The van der Waals surface area contributed by atoms with Crippen molar-refractivity contribution < 1.29 is 18.9 Å². The summed E-state index contributed by atoms with van der Waals surface area (Å²) in [4.78, 5) is 4.85. The van der Waals surface area contributed by atoms with Gasteiger partial charge in [-0.25, -0.2) is 0 Å². The average molecular weight is 426 g/mol. The summed E-state index contributed by atoms with van der Waals surface area (Å²) in [6.45, 7) is 6.50. The molecular formula is C26H35NO4. The Labute approximate surface area is 186 Å². The van der Waals surface area contributed by atoms with Gasteiger partial charge >= 0.3 is 0 Å². The molecule has 0 aromatic heterocycles. The summed E-state index contributed by atoms with van der Waals surface area (Å²) < 4.78 is 23.0. The molecule has 0 N–H and O–H groups in total. The lowest BCUT2D eigenvalue weighted by Crippen LogP contribution is -2.16. The number of benzene rings is 2. The van der Waals surface area contributed by atoms with Crippen molar-refractivity contribution in [2.45, 2.75) is 52.4 Å². The normalized spacial score (nSPS) is 12.7. The van der Waals surface area contributed by atoms with Crippen LogP contribution in [-0.4, -0.2) is 39.7 Å². The summed E-state index contributed by atoms with van der Waals surface area (Å²) in [5.74, 6) is 3.15. The van der Waals surface area contributed by atoms with Crippen molar-refractivity contribution in [1.29, 1.82) is 0 Å². The van der Waals surface area contributed by atoms with Crippen LogP contribution in [-0.2, 0) is 12.8 Å². The number of hydrogen-bond donors (Lipinski definition) is 0. The summed E-state index contributed by atoms with van der Waals surface area (Å²) in [5, 5.41) is 0. The minimum absolute atomic E-state index is 0.689. The van der Waals surface area contributed by atoms with Crippen LogP contribution in [0.25, 0.3) is 0 Å². The zero-order valence-electron chi connectivity index (χ0n) is 19.3. The topological polar surface area (TPSA) is 49.3 Å². The number of aliphatic imine (C=N–C) groups is 1. The number of nitrogens with zero attached hydrogens (tertiary/aromatic N) is 1. The molecule has 2 aromatic rings. The largest absolute Gasteiger partial charge is 0.493 e. The standard InChI is InChI=1S/C26H35NO4/c1-5-7-13-30-23-10-9-19(16-24(23)28-3)15-22-21-18-26(31-14-8-6-2)25(29-4)17-20(21)11-12-27-22/h9-10,16-18H,5-8,11-15H2,1-4H3. The molecule has 168 valence electrons. The molecule has 0 aliphatic carbocycles. The monoisotopic (exact) mass is 425 g/mol. The van der Waals surface area contributed by atoms with Gasteiger partial charge in [0.2, 0.25) is 0 Å². The molecule has 0 unspecified atom stereocenters. The van der Waals surface area contributed by atoms with E-state index >= 15 is 0 Å². The lowest BCUT2D eigenvalue weighted by atomic mass is 9.93. The van der Waals surface area contributed by atoms with Gasteiger partial charge in [-0.3, -0.25) is 4.99 Å². The predicted octanol–water partition coefficient (Wildman–Crippen LogP) is 5.65. The molecule has 5 nitrogen and oxygen atoms in total. The molecule has 3 rings (SSSR count). The second kappa shape index (κ2) is 11.6. The third-order valence-corrected chi connectivity index (χ3v) is 5.49. The maximum absolute atomic E-state index is 6.02. The number of methoxy groups -OCH3 is 2. The summed E-state index contributed by atoms with van der Waals surface area (Å²) >= 11 is 0. The first-order chi connectivity index (χ1) is 15.2. The van der Waals surface area contributed by atoms with E-state index in [1.54, 1.807) is 14.2 Å². The summed E-state index contributed by atoms with van der Waals surface area (Å²) in [7, 11) is 3.38. The molecule has 1 aliphatic rings. The van der Waals surface area contributed by atoms with E-state index in [0.29, 0.717) is 13.2 Å². The van der Waals surface area contributed by atoms with Crippen LogP contribution in [0.15, 0.2) is 35.3 Å². The van der Waals surface area contributed by atoms with Crippen molar-refractivity contribution in [2.75, 3.05) is 34.0 Å². The van der Waals surface area contributed by atoms with E-state index in [1.807, 2.05) is 6.07 Å². The molecule has 31 heavy (non-hydrogen) atoms. The second-order valence-electron chi connectivity index (χ2n) is 7.80. The fraction of sp³-hybridized carbons (Fsp3) is 0.500. The highest BCUT2D eigenvalue weighted by Crippen LogP contribution is 2.34. The smallest absolute Gasteiger partial charge is 0.161 e. The average Bonchev–Trinajstić information content (AvgIpc) is 2.80. The zero-order chi connectivity index (χ0) is 22.1. The van der Waals surface area contributed by atoms with Crippen LogP contribution in [0.5, 0.6) is 23.0 Å². The molecule has 1 heterocycles. The summed E-state index contributed by atoms with van der Waals surface area (Å²) in [5.41, 5.74) is 4.64. The van der Waals surface area contributed by atoms with E-state index < -0.39 is 0 Å². The van der Waals surface area contributed by atoms with Crippen molar-refractivity contribution >= 4 is 5.71 Å². The lowest BCUT2D eigenvalue weighted by Gasteiger charge is -2.21. The highest BCUT2D eigenvalue weighted by atomic mass is 16.5. The number of fused-ring (bicyclic) bond motifs is 1. The van der Waals surface area contributed by atoms with Crippen molar-refractivity contribution in [2.24, 2.45) is 4.99 Å². The van der Waals surface area contributed by atoms with Crippen molar-refractivity contribution in [3.8, 4) is 23.0 Å². The zero-order valence-corrected chi connectivity index (χ0v) is 19.3. The third kappa shape index (κ3) is 5.93. The van der Waals surface area contributed by atoms with Gasteiger partial charge in [0.15, 0.2) is 23.0 Å². The highest BCUT2D eigenvalue weighted by Gasteiger charge is 2.19. The number of hydrogen-bond acceptors (Lipinski definition) is 5. The van der Waals surface area contributed by atoms with E-state index in [2.05, 4.69) is 38.1 Å². The molecule has 0 bridgehead atoms. The van der Waals surface area contributed by atoms with Crippen molar-refractivity contribution in [3.05, 3.63) is 47.0 Å². The Hall–Kier alpha value is -2.69. The predicted molar refractivity (Wildman–Crippen MR) is 126 cm³/mol. The molecule has 5 heteroatoms. The van der Waals surface area contributed by atoms with Crippen LogP contribution in [0.2, 0.25) is 0 Å². The van der Waals surface area contributed by atoms with Gasteiger partial charge in [0.25, 0.3) is 0 Å². The second-order valence-corrected chi connectivity index (χ2v) is 7.80. The minimum Gasteiger partial charge on any atom is -0.493 e. The molecule has 0 saturated carbocycles. The van der Waals surface area contributed by atoms with Gasteiger partial charge < -0.3 is 18.9 Å². The van der Waals surface area contributed by atoms with Gasteiger partial charge in [-0.1, -0.05) is 32.8 Å². The lowest BCUT2D eigenvalue weighted by molar-refractivity contribution is 0.288. The third-order valence-electron chi connectivity index (χ3n) is 5.49. The van der Waals surface area contributed by atoms with Crippen LogP contribution in [0, 0.1) is 0 Å². The van der Waals surface area contributed by atoms with Crippen molar-refractivity contribution in [3.63, 3.8) is 0 Å². The van der Waals surface area contributed by atoms with Gasteiger partial charge in [0, 0.05) is 24.2 Å². The molecule has 0 radical (unpaired) electrons. The first-order valence-corrected chi connectivity index (χ1v) is 11.4. The van der Waals surface area contributed by atoms with Crippen LogP contribution < -0.4 is 18.9 Å². The number of unbranched alkanes of at least 4 members (excludes halogenated alkanes) is 2. The van der Waals surface area contributed by atoms with E-state index in [0.717, 1.165) is 84.9 Å². The molecule has 0 atom stereocenters. The van der Waals surface area contributed by atoms with Crippen LogP contribution in [0.3, 0.4) is 0 Å². The first-order valence-electron chi connectivity index (χ1n) is 11.4. The van der Waals surface area contributed by atoms with Crippen LogP contribution in [0.1, 0.15) is 56.2 Å². The Bertz CT molecular complexity index is 891. The molecule has 2 aromatic carbocycles. The SMILES string of the molecule is CCCCOc1ccc(CC2=NCCc3cc(OC)c(OCCCC)cc32)cc1OC. The van der Waals surface area contributed by atoms with Crippen LogP contribution in [0.4, 0.5) is 0 Å². The Kier molecular flexibility index (Phi) is 8.63. The Morgan fingerprint density at radius 3 is 2.16 bits per heavy atom. The Balaban J connectivity index is 1.81. The van der Waals surface area contributed by atoms with Crippen molar-refractivity contribution in [1.82, 2.24) is 0 Å². The molecular weight excluding hydrogens is 390 g/mol. The van der Waals surface area contributed by atoms with Crippen LogP contribution >= 0.6 is 0 Å². The molecule has 0 spiro atoms. The van der Waals surface area contributed by atoms with E-state index in [9.17, 15) is 0 Å². The molecule has 0 amide bonds. The fourth-order valence-corrected chi connectivity index (χ4v) is 3.68. The summed E-state index contributed by atoms with van der Waals surface area (Å²) in [6.07, 6.45) is 5.91. The number of ether oxygens (including phenoxy) is 4. The van der Waals surface area contributed by atoms with E-state index in [1.165, 1.54) is 5.56 Å². The molecule has 1 aliphatic heterocycles. The number of rotatable bonds is 12. The molecule has 0 saturated heterocycles. The molecule has 0 fully saturated rings. The minimum atomic E-state index is 0.689. The van der Waals surface area contributed by atoms with Gasteiger partial charge in [-0.2, -0.15) is 0 Å². The van der Waals surface area contributed by atoms with Gasteiger partial charge in [0.1, 0.15) is 0 Å². The van der Waals surface area contributed by atoms with Gasteiger partial charge in [-0.15, -0.1) is 0 Å². The maximum atomic E-state index is 6.02. The Morgan fingerprint density at radius 1 is 0.806 bits per heavy atom. The van der Waals surface area contributed by atoms with Gasteiger partial charge in [0.05, 0.1) is 27.4 Å². The van der Waals surface area contributed by atoms with E-state index in [4.69, 9.17) is 23.9 Å². The maximum Gasteiger partial charge on any atom is 0.161 e. The fourth-order valence-electron chi connectivity index (χ4n) is 3.68. The summed E-state index contributed by atoms with van der Waals surface area (Å²) in [6, 6.07) is 10.4. The Morgan fingerprint density at radius 2 is 1.48 bits per heavy atom. The first kappa shape index (κ1) is 23.0. The quantitative estimate of drug-likeness (QED) is 0.412. The van der Waals surface area contributed by atoms with E-state index in [-0.39, 0.29) is 0 Å². The van der Waals surface area contributed by atoms with Gasteiger partial charge in [-0.05, 0) is 54.7 Å². The highest BCUT2D eigenvalue weighted by molar-refractivity contribution is 6.04.